The lowest BCUT2D eigenvalue weighted by Gasteiger charge is -2.18. The molecule has 5 heteroatoms. The summed E-state index contributed by atoms with van der Waals surface area (Å²) in [5.74, 6) is -0.813. The van der Waals surface area contributed by atoms with Crippen molar-refractivity contribution in [2.75, 3.05) is 17.7 Å². The van der Waals surface area contributed by atoms with E-state index in [-0.39, 0.29) is 11.6 Å². The fourth-order valence-corrected chi connectivity index (χ4v) is 1.87. The molecule has 0 aliphatic carbocycles. The van der Waals surface area contributed by atoms with Crippen LogP contribution in [0.25, 0.3) is 0 Å². The van der Waals surface area contributed by atoms with Crippen LogP contribution >= 0.6 is 11.6 Å². The molecule has 0 radical (unpaired) electrons. The van der Waals surface area contributed by atoms with Gasteiger partial charge in [-0.05, 0) is 30.3 Å². The summed E-state index contributed by atoms with van der Waals surface area (Å²) in [6, 6.07) is 10.6. The summed E-state index contributed by atoms with van der Waals surface area (Å²) in [7, 11) is 1.50. The number of anilines is 2. The Morgan fingerprint density at radius 2 is 1.95 bits per heavy atom. The number of carbonyl (C=O) groups is 1. The molecule has 3 nitrogen and oxygen atoms in total. The summed E-state index contributed by atoms with van der Waals surface area (Å²) in [5, 5.41) is 0.299. The minimum Gasteiger partial charge on any atom is -0.398 e. The van der Waals surface area contributed by atoms with Crippen LogP contribution in [0.5, 0.6) is 0 Å². The lowest BCUT2D eigenvalue weighted by Crippen LogP contribution is -2.27. The van der Waals surface area contributed by atoms with E-state index in [1.165, 1.54) is 30.1 Å². The van der Waals surface area contributed by atoms with Crippen LogP contribution in [0.4, 0.5) is 15.8 Å². The highest BCUT2D eigenvalue weighted by atomic mass is 35.5. The van der Waals surface area contributed by atoms with E-state index in [1.54, 1.807) is 24.3 Å². The van der Waals surface area contributed by atoms with Crippen molar-refractivity contribution in [3.05, 3.63) is 58.9 Å². The molecule has 0 fully saturated rings. The smallest absolute Gasteiger partial charge is 0.258 e. The quantitative estimate of drug-likeness (QED) is 0.857. The van der Waals surface area contributed by atoms with Crippen LogP contribution in [0.2, 0.25) is 5.02 Å². The van der Waals surface area contributed by atoms with Gasteiger partial charge in [-0.3, -0.25) is 4.79 Å². The van der Waals surface area contributed by atoms with Crippen molar-refractivity contribution in [3.63, 3.8) is 0 Å². The summed E-state index contributed by atoms with van der Waals surface area (Å²) in [6.45, 7) is 0. The minimum absolute atomic E-state index is 0.209. The molecule has 0 aliphatic heterocycles. The van der Waals surface area contributed by atoms with E-state index in [0.717, 1.165) is 0 Å². The van der Waals surface area contributed by atoms with E-state index < -0.39 is 5.82 Å². The average molecular weight is 279 g/mol. The Morgan fingerprint density at radius 1 is 1.26 bits per heavy atom. The van der Waals surface area contributed by atoms with Gasteiger partial charge in [-0.25, -0.2) is 4.39 Å². The maximum atomic E-state index is 13.6. The maximum Gasteiger partial charge on any atom is 0.258 e. The third-order valence-corrected chi connectivity index (χ3v) is 3.09. The molecular weight excluding hydrogens is 267 g/mol. The van der Waals surface area contributed by atoms with Gasteiger partial charge < -0.3 is 10.6 Å². The molecular formula is C14H12ClFN2O. The highest BCUT2D eigenvalue weighted by molar-refractivity contribution is 6.33. The highest BCUT2D eigenvalue weighted by Gasteiger charge is 2.16. The van der Waals surface area contributed by atoms with E-state index in [2.05, 4.69) is 0 Å². The van der Waals surface area contributed by atoms with Gasteiger partial charge in [-0.2, -0.15) is 0 Å². The first-order chi connectivity index (χ1) is 9.00. The molecule has 2 N–H and O–H groups in total. The van der Waals surface area contributed by atoms with Gasteiger partial charge >= 0.3 is 0 Å². The molecule has 2 aromatic carbocycles. The highest BCUT2D eigenvalue weighted by Crippen LogP contribution is 2.23. The monoisotopic (exact) mass is 278 g/mol. The van der Waals surface area contributed by atoms with Gasteiger partial charge in [0.2, 0.25) is 0 Å². The van der Waals surface area contributed by atoms with E-state index >= 15 is 0 Å². The standard InChI is InChI=1S/C14H12ClFN2O/c1-18(13-5-3-2-4-11(13)16)14(19)9-6-7-12(17)10(15)8-9/h2-8H,17H2,1H3. The van der Waals surface area contributed by atoms with Crippen LogP contribution in [-0.4, -0.2) is 13.0 Å². The molecule has 0 saturated heterocycles. The molecule has 2 rings (SSSR count). The van der Waals surface area contributed by atoms with Crippen molar-refractivity contribution in [2.45, 2.75) is 0 Å². The second-order valence-corrected chi connectivity index (χ2v) is 4.46. The maximum absolute atomic E-state index is 13.6. The van der Waals surface area contributed by atoms with Gasteiger partial charge in [-0.1, -0.05) is 23.7 Å². The lowest BCUT2D eigenvalue weighted by molar-refractivity contribution is 0.0992. The number of nitrogens with zero attached hydrogens (tertiary/aromatic N) is 1. The molecule has 98 valence electrons. The van der Waals surface area contributed by atoms with Crippen LogP contribution in [0, 0.1) is 5.82 Å². The zero-order valence-electron chi connectivity index (χ0n) is 10.2. The van der Waals surface area contributed by atoms with Gasteiger partial charge in [0, 0.05) is 12.6 Å². The van der Waals surface area contributed by atoms with E-state index in [0.29, 0.717) is 16.3 Å². The summed E-state index contributed by atoms with van der Waals surface area (Å²) in [6.07, 6.45) is 0. The zero-order chi connectivity index (χ0) is 14.0. The fourth-order valence-electron chi connectivity index (χ4n) is 1.69. The molecule has 0 saturated carbocycles. The number of hydrogen-bond acceptors (Lipinski definition) is 2. The number of nitrogen functional groups attached to an aromatic ring is 1. The van der Waals surface area contributed by atoms with E-state index in [9.17, 15) is 9.18 Å². The molecule has 0 unspecified atom stereocenters. The molecule has 0 heterocycles. The number of benzene rings is 2. The Kier molecular flexibility index (Phi) is 3.71. The van der Waals surface area contributed by atoms with Gasteiger partial charge in [-0.15, -0.1) is 0 Å². The normalized spacial score (nSPS) is 10.3. The first-order valence-corrected chi connectivity index (χ1v) is 5.96. The summed E-state index contributed by atoms with van der Waals surface area (Å²) >= 11 is 5.87. The topological polar surface area (TPSA) is 46.3 Å². The minimum atomic E-state index is -0.458. The number of nitrogens with two attached hydrogens (primary N) is 1. The number of carbonyl (C=O) groups excluding carboxylic acids is 1. The van der Waals surface area contributed by atoms with Gasteiger partial charge in [0.1, 0.15) is 5.82 Å². The number of rotatable bonds is 2. The van der Waals surface area contributed by atoms with Crippen molar-refractivity contribution < 1.29 is 9.18 Å². The molecule has 19 heavy (non-hydrogen) atoms. The molecule has 0 bridgehead atoms. The number of amides is 1. The number of halogens is 2. The zero-order valence-corrected chi connectivity index (χ0v) is 11.0. The molecule has 0 aromatic heterocycles. The SMILES string of the molecule is CN(C(=O)c1ccc(N)c(Cl)c1)c1ccccc1F. The fraction of sp³-hybridized carbons (Fsp3) is 0.0714. The predicted molar refractivity (Wildman–Crippen MR) is 75.0 cm³/mol. The molecule has 0 atom stereocenters. The Labute approximate surface area is 115 Å². The molecule has 0 aliphatic rings. The van der Waals surface area contributed by atoms with Crippen molar-refractivity contribution >= 4 is 28.9 Å². The second kappa shape index (κ2) is 5.28. The third kappa shape index (κ3) is 2.69. The lowest BCUT2D eigenvalue weighted by atomic mass is 10.1. The summed E-state index contributed by atoms with van der Waals surface area (Å²) < 4.78 is 13.6. The van der Waals surface area contributed by atoms with E-state index in [4.69, 9.17) is 17.3 Å². The Balaban J connectivity index is 2.34. The predicted octanol–water partition coefficient (Wildman–Crippen LogP) is 3.34. The third-order valence-electron chi connectivity index (χ3n) is 2.77. The van der Waals surface area contributed by atoms with Gasteiger partial charge in [0.15, 0.2) is 0 Å². The average Bonchev–Trinajstić information content (AvgIpc) is 2.41. The largest absolute Gasteiger partial charge is 0.398 e. The second-order valence-electron chi connectivity index (χ2n) is 4.05. The van der Waals surface area contributed by atoms with Crippen molar-refractivity contribution in [2.24, 2.45) is 0 Å². The first kappa shape index (κ1) is 13.4. The molecule has 2 aromatic rings. The van der Waals surface area contributed by atoms with Crippen molar-refractivity contribution in [1.29, 1.82) is 0 Å². The van der Waals surface area contributed by atoms with Crippen LogP contribution in [0.1, 0.15) is 10.4 Å². The summed E-state index contributed by atoms with van der Waals surface area (Å²) in [4.78, 5) is 13.5. The summed E-state index contributed by atoms with van der Waals surface area (Å²) in [5.41, 5.74) is 6.54. The molecule has 0 spiro atoms. The van der Waals surface area contributed by atoms with E-state index in [1.807, 2.05) is 0 Å². The van der Waals surface area contributed by atoms with Gasteiger partial charge in [0.05, 0.1) is 16.4 Å². The molecule has 1 amide bonds. The van der Waals surface area contributed by atoms with Crippen LogP contribution < -0.4 is 10.6 Å². The van der Waals surface area contributed by atoms with Crippen molar-refractivity contribution in [3.8, 4) is 0 Å². The first-order valence-electron chi connectivity index (χ1n) is 5.58. The van der Waals surface area contributed by atoms with Crippen LogP contribution in [0.15, 0.2) is 42.5 Å². The Morgan fingerprint density at radius 3 is 2.58 bits per heavy atom. The van der Waals surface area contributed by atoms with Gasteiger partial charge in [0.25, 0.3) is 5.91 Å². The number of para-hydroxylation sites is 1. The van der Waals surface area contributed by atoms with Crippen molar-refractivity contribution in [1.82, 2.24) is 0 Å². The van der Waals surface area contributed by atoms with Crippen LogP contribution in [0.3, 0.4) is 0 Å². The Hall–Kier alpha value is -2.07. The van der Waals surface area contributed by atoms with Crippen LogP contribution in [-0.2, 0) is 0 Å². The Bertz CT molecular complexity index is 631. The number of hydrogen-bond donors (Lipinski definition) is 1.